The van der Waals surface area contributed by atoms with E-state index < -0.39 is 0 Å². The lowest BCUT2D eigenvalue weighted by Crippen LogP contribution is -2.05. The minimum Gasteiger partial charge on any atom is -0.360 e. The minimum absolute atomic E-state index is 0.0172. The number of hydrogen-bond acceptors (Lipinski definition) is 1. The van der Waals surface area contributed by atoms with Gasteiger partial charge in [0.05, 0.1) is 0 Å². The van der Waals surface area contributed by atoms with Crippen molar-refractivity contribution in [3.8, 4) is 0 Å². The minimum atomic E-state index is -0.340. The highest BCUT2D eigenvalue weighted by Gasteiger charge is 2.17. The Morgan fingerprint density at radius 1 is 1.33 bits per heavy atom. The number of hydrogen-bond donors (Lipinski definition) is 1. The molecular formula is C10H6Br3NO. The summed E-state index contributed by atoms with van der Waals surface area (Å²) in [5.41, 5.74) is 1.64. The van der Waals surface area contributed by atoms with Crippen molar-refractivity contribution in [3.63, 3.8) is 0 Å². The van der Waals surface area contributed by atoms with Gasteiger partial charge < -0.3 is 4.98 Å². The third-order valence-corrected chi connectivity index (χ3v) is 3.43. The van der Waals surface area contributed by atoms with Crippen molar-refractivity contribution < 1.29 is 4.79 Å². The summed E-state index contributed by atoms with van der Waals surface area (Å²) in [5, 5.41) is 0.937. The molecule has 5 heteroatoms. The summed E-state index contributed by atoms with van der Waals surface area (Å²) in [6.07, 6.45) is 1.73. The van der Waals surface area contributed by atoms with E-state index in [-0.39, 0.29) is 9.52 Å². The first-order valence-electron chi connectivity index (χ1n) is 4.18. The molecule has 0 aliphatic carbocycles. The van der Waals surface area contributed by atoms with Gasteiger partial charge in [0.1, 0.15) is 3.74 Å². The first-order chi connectivity index (χ1) is 7.09. The molecular weight excluding hydrogens is 390 g/mol. The molecule has 1 N–H and O–H groups in total. The van der Waals surface area contributed by atoms with E-state index in [1.54, 1.807) is 6.20 Å². The van der Waals surface area contributed by atoms with E-state index in [0.717, 1.165) is 15.4 Å². The van der Waals surface area contributed by atoms with Gasteiger partial charge in [-0.2, -0.15) is 0 Å². The summed E-state index contributed by atoms with van der Waals surface area (Å²) in [6.45, 7) is 0. The fraction of sp³-hybridized carbons (Fsp3) is 0.100. The third-order valence-electron chi connectivity index (χ3n) is 2.11. The van der Waals surface area contributed by atoms with Gasteiger partial charge in [-0.1, -0.05) is 53.9 Å². The average Bonchev–Trinajstić information content (AvgIpc) is 2.59. The molecule has 0 saturated heterocycles. The van der Waals surface area contributed by atoms with Gasteiger partial charge >= 0.3 is 0 Å². The van der Waals surface area contributed by atoms with E-state index in [4.69, 9.17) is 0 Å². The maximum atomic E-state index is 11.8. The van der Waals surface area contributed by atoms with Crippen LogP contribution in [0, 0.1) is 0 Å². The molecule has 0 aliphatic rings. The number of ketones is 1. The van der Waals surface area contributed by atoms with Gasteiger partial charge in [0.15, 0.2) is 5.78 Å². The van der Waals surface area contributed by atoms with Crippen LogP contribution in [0.2, 0.25) is 0 Å². The molecule has 1 aromatic carbocycles. The lowest BCUT2D eigenvalue weighted by atomic mass is 10.1. The number of Topliss-reactive ketones (excluding diaryl/α,β-unsaturated/α-hetero) is 1. The van der Waals surface area contributed by atoms with E-state index in [0.29, 0.717) is 5.56 Å². The average molecular weight is 396 g/mol. The van der Waals surface area contributed by atoms with Gasteiger partial charge in [-0.05, 0) is 12.1 Å². The maximum Gasteiger partial charge on any atom is 0.189 e. The molecule has 2 rings (SSSR count). The molecule has 2 aromatic rings. The van der Waals surface area contributed by atoms with Crippen LogP contribution in [0.3, 0.4) is 0 Å². The van der Waals surface area contributed by atoms with Gasteiger partial charge in [-0.3, -0.25) is 4.79 Å². The number of carbonyl (C=O) groups is 1. The Kier molecular flexibility index (Phi) is 3.33. The molecule has 0 fully saturated rings. The Labute approximate surface area is 112 Å². The molecule has 1 heterocycles. The summed E-state index contributed by atoms with van der Waals surface area (Å²) >= 11 is 9.79. The van der Waals surface area contributed by atoms with Gasteiger partial charge in [0, 0.05) is 27.1 Å². The van der Waals surface area contributed by atoms with Gasteiger partial charge in [0.2, 0.25) is 0 Å². The summed E-state index contributed by atoms with van der Waals surface area (Å²) < 4.78 is 0.651. The fourth-order valence-electron chi connectivity index (χ4n) is 1.42. The van der Waals surface area contributed by atoms with Crippen LogP contribution in [0.25, 0.3) is 10.9 Å². The lowest BCUT2D eigenvalue weighted by Gasteiger charge is -1.99. The number of rotatable bonds is 2. The van der Waals surface area contributed by atoms with Crippen LogP contribution in [-0.2, 0) is 0 Å². The van der Waals surface area contributed by atoms with Crippen molar-refractivity contribution in [2.24, 2.45) is 0 Å². The largest absolute Gasteiger partial charge is 0.360 e. The second-order valence-corrected chi connectivity index (χ2v) is 7.03. The zero-order valence-corrected chi connectivity index (χ0v) is 12.2. The highest BCUT2D eigenvalue weighted by molar-refractivity contribution is 9.25. The van der Waals surface area contributed by atoms with Crippen LogP contribution < -0.4 is 0 Å². The van der Waals surface area contributed by atoms with E-state index >= 15 is 0 Å². The zero-order chi connectivity index (χ0) is 11.0. The van der Waals surface area contributed by atoms with Crippen LogP contribution in [0.4, 0.5) is 0 Å². The van der Waals surface area contributed by atoms with Crippen LogP contribution in [-0.4, -0.2) is 14.5 Å². The number of aromatic nitrogens is 1. The lowest BCUT2D eigenvalue weighted by molar-refractivity contribution is 0.101. The molecule has 2 nitrogen and oxygen atoms in total. The molecule has 0 saturated carbocycles. The number of nitrogens with one attached hydrogen (secondary N) is 1. The molecule has 0 amide bonds. The van der Waals surface area contributed by atoms with E-state index in [9.17, 15) is 4.79 Å². The monoisotopic (exact) mass is 393 g/mol. The first-order valence-corrected chi connectivity index (χ1v) is 6.81. The van der Waals surface area contributed by atoms with Crippen molar-refractivity contribution >= 4 is 64.5 Å². The third kappa shape index (κ3) is 2.19. The summed E-state index contributed by atoms with van der Waals surface area (Å²) in [7, 11) is 0. The van der Waals surface area contributed by atoms with Gasteiger partial charge in [-0.15, -0.1) is 0 Å². The van der Waals surface area contributed by atoms with Gasteiger partial charge in [-0.25, -0.2) is 0 Å². The Morgan fingerprint density at radius 3 is 2.73 bits per heavy atom. The Hall–Kier alpha value is -0.130. The quantitative estimate of drug-likeness (QED) is 0.599. The van der Waals surface area contributed by atoms with E-state index in [1.165, 1.54) is 0 Å². The number of carbonyl (C=O) groups excluding carboxylic acids is 1. The summed E-state index contributed by atoms with van der Waals surface area (Å²) in [6, 6.07) is 5.79. The zero-order valence-electron chi connectivity index (χ0n) is 7.43. The van der Waals surface area contributed by atoms with Crippen LogP contribution in [0.15, 0.2) is 28.9 Å². The highest BCUT2D eigenvalue weighted by atomic mass is 79.9. The maximum absolute atomic E-state index is 11.8. The standard InChI is InChI=1S/C10H6Br3NO/c11-5-1-2-6-7(9(15)10(12)13)4-14-8(6)3-5/h1-4,10,14H. The number of halogens is 3. The van der Waals surface area contributed by atoms with Crippen molar-refractivity contribution in [2.45, 2.75) is 3.74 Å². The number of benzene rings is 1. The SMILES string of the molecule is O=C(c1c[nH]c2cc(Br)ccc12)C(Br)Br. The summed E-state index contributed by atoms with van der Waals surface area (Å²) in [4.78, 5) is 14.9. The van der Waals surface area contributed by atoms with E-state index in [2.05, 4.69) is 52.8 Å². The molecule has 0 aliphatic heterocycles. The van der Waals surface area contributed by atoms with E-state index in [1.807, 2.05) is 18.2 Å². The first kappa shape index (κ1) is 11.4. The topological polar surface area (TPSA) is 32.9 Å². The predicted octanol–water partition coefficient (Wildman–Crippen LogP) is 4.23. The molecule has 0 radical (unpaired) electrons. The smallest absolute Gasteiger partial charge is 0.189 e. The van der Waals surface area contributed by atoms with Crippen molar-refractivity contribution in [1.29, 1.82) is 0 Å². The molecule has 1 aromatic heterocycles. The normalized spacial score (nSPS) is 11.2. The number of aromatic amines is 1. The highest BCUT2D eigenvalue weighted by Crippen LogP contribution is 2.25. The second kappa shape index (κ2) is 4.39. The molecule has 0 unspecified atom stereocenters. The Balaban J connectivity index is 2.59. The molecule has 0 bridgehead atoms. The second-order valence-electron chi connectivity index (χ2n) is 3.06. The number of alkyl halides is 2. The number of H-pyrrole nitrogens is 1. The fourth-order valence-corrected chi connectivity index (χ4v) is 2.27. The predicted molar refractivity (Wildman–Crippen MR) is 72.0 cm³/mol. The van der Waals surface area contributed by atoms with Gasteiger partial charge in [0.25, 0.3) is 0 Å². The Morgan fingerprint density at radius 2 is 2.07 bits per heavy atom. The Bertz CT molecular complexity index is 518. The van der Waals surface area contributed by atoms with Crippen molar-refractivity contribution in [2.75, 3.05) is 0 Å². The van der Waals surface area contributed by atoms with Crippen molar-refractivity contribution in [3.05, 3.63) is 34.4 Å². The van der Waals surface area contributed by atoms with Crippen LogP contribution >= 0.6 is 47.8 Å². The molecule has 15 heavy (non-hydrogen) atoms. The summed E-state index contributed by atoms with van der Waals surface area (Å²) in [5.74, 6) is 0.0172. The van der Waals surface area contributed by atoms with Crippen molar-refractivity contribution in [1.82, 2.24) is 4.98 Å². The molecule has 78 valence electrons. The molecule has 0 atom stereocenters. The molecule has 0 spiro atoms. The van der Waals surface area contributed by atoms with Crippen LogP contribution in [0.5, 0.6) is 0 Å². The van der Waals surface area contributed by atoms with Crippen LogP contribution in [0.1, 0.15) is 10.4 Å². The number of fused-ring (bicyclic) bond motifs is 1.